The molecule has 0 saturated heterocycles. The number of ketones is 1. The van der Waals surface area contributed by atoms with Gasteiger partial charge in [0, 0.05) is 0 Å². The van der Waals surface area contributed by atoms with E-state index in [4.69, 9.17) is 0 Å². The van der Waals surface area contributed by atoms with Gasteiger partial charge in [-0.05, 0) is 13.3 Å². The first-order chi connectivity index (χ1) is 8.63. The van der Waals surface area contributed by atoms with E-state index in [1.54, 1.807) is 6.92 Å². The molecule has 0 aromatic rings. The summed E-state index contributed by atoms with van der Waals surface area (Å²) >= 11 is 0. The summed E-state index contributed by atoms with van der Waals surface area (Å²) < 4.78 is 0. The van der Waals surface area contributed by atoms with Crippen LogP contribution in [0.4, 0.5) is 0 Å². The minimum atomic E-state index is -1.27. The number of aliphatic carboxylic acids is 1. The van der Waals surface area contributed by atoms with E-state index < -0.39 is 11.9 Å². The van der Waals surface area contributed by atoms with Gasteiger partial charge in [0.2, 0.25) is 0 Å². The SMILES string of the molecule is CC(C)C[O-].CC(C)C[O-].CCC(C(C)=O)C(=O)[O-].[Fe+3]. The molecule has 5 nitrogen and oxygen atoms in total. The van der Waals surface area contributed by atoms with Gasteiger partial charge in [-0.1, -0.05) is 46.5 Å². The minimum absolute atomic E-state index is 0. The van der Waals surface area contributed by atoms with Crippen molar-refractivity contribution in [2.24, 2.45) is 17.8 Å². The van der Waals surface area contributed by atoms with Crippen molar-refractivity contribution in [2.75, 3.05) is 13.2 Å². The molecule has 1 atom stereocenters. The van der Waals surface area contributed by atoms with Gasteiger partial charge in [-0.3, -0.25) is 4.79 Å². The number of Topliss-reactive ketones (excluding diaryl/α,β-unsaturated/α-hetero) is 1. The molecule has 0 saturated carbocycles. The Kier molecular flexibility index (Phi) is 25.9. The summed E-state index contributed by atoms with van der Waals surface area (Å²) in [6.07, 6.45) is 0.317. The van der Waals surface area contributed by atoms with Crippen molar-refractivity contribution in [3.8, 4) is 0 Å². The van der Waals surface area contributed by atoms with E-state index in [-0.39, 0.29) is 36.1 Å². The number of carbonyl (C=O) groups excluding carboxylic acids is 2. The Morgan fingerprint density at radius 3 is 1.20 bits per heavy atom. The summed E-state index contributed by atoms with van der Waals surface area (Å²) in [6, 6.07) is 0. The third-order valence-electron chi connectivity index (χ3n) is 1.85. The number of hydrogen-bond donors (Lipinski definition) is 0. The van der Waals surface area contributed by atoms with Gasteiger partial charge in [-0.15, -0.1) is 13.2 Å². The first-order valence-electron chi connectivity index (χ1n) is 6.51. The summed E-state index contributed by atoms with van der Waals surface area (Å²) in [5.41, 5.74) is 0. The zero-order valence-electron chi connectivity index (χ0n) is 13.2. The summed E-state index contributed by atoms with van der Waals surface area (Å²) in [4.78, 5) is 20.4. The van der Waals surface area contributed by atoms with Gasteiger partial charge >= 0.3 is 17.1 Å². The Bertz CT molecular complexity index is 208. The molecule has 0 heterocycles. The summed E-state index contributed by atoms with van der Waals surface area (Å²) in [6.45, 7) is 10.6. The number of rotatable bonds is 5. The topological polar surface area (TPSA) is 103 Å². The molecule has 6 heteroatoms. The molecule has 121 valence electrons. The number of carboxylic acids is 1. The van der Waals surface area contributed by atoms with Gasteiger partial charge in [0.1, 0.15) is 5.78 Å². The molecule has 0 aliphatic heterocycles. The standard InChI is InChI=1S/C6H10O3.2C4H9O.Fe/c1-3-5(4(2)7)6(8)9;2*1-4(2)3-5;/h5H,3H2,1-2H3,(H,8,9);2*4H,3H2,1-2H3;/q;2*-1;+3/p-1. The van der Waals surface area contributed by atoms with Gasteiger partial charge in [-0.2, -0.15) is 0 Å². The third kappa shape index (κ3) is 26.2. The van der Waals surface area contributed by atoms with Crippen molar-refractivity contribution in [3.63, 3.8) is 0 Å². The molecule has 0 fully saturated rings. The van der Waals surface area contributed by atoms with Crippen LogP contribution in [0, 0.1) is 17.8 Å². The monoisotopic (exact) mass is 331 g/mol. The fourth-order valence-electron chi connectivity index (χ4n) is 0.620. The molecule has 0 bridgehead atoms. The third-order valence-corrected chi connectivity index (χ3v) is 1.85. The van der Waals surface area contributed by atoms with Gasteiger partial charge in [0.05, 0.1) is 11.9 Å². The maximum atomic E-state index is 10.4. The first kappa shape index (κ1) is 27.8. The Morgan fingerprint density at radius 2 is 1.20 bits per heavy atom. The van der Waals surface area contributed by atoms with Crippen molar-refractivity contribution in [3.05, 3.63) is 0 Å². The average Bonchev–Trinajstić information content (AvgIpc) is 2.30. The van der Waals surface area contributed by atoms with Crippen LogP contribution in [0.1, 0.15) is 48.0 Å². The predicted molar refractivity (Wildman–Crippen MR) is 68.9 cm³/mol. The van der Waals surface area contributed by atoms with Crippen LogP contribution in [-0.2, 0) is 26.7 Å². The van der Waals surface area contributed by atoms with Crippen LogP contribution in [0.5, 0.6) is 0 Å². The average molecular weight is 331 g/mol. The molecule has 20 heavy (non-hydrogen) atoms. The van der Waals surface area contributed by atoms with Crippen LogP contribution in [-0.4, -0.2) is 25.0 Å². The van der Waals surface area contributed by atoms with Gasteiger partial charge in [0.15, 0.2) is 0 Å². The second-order valence-electron chi connectivity index (χ2n) is 5.01. The van der Waals surface area contributed by atoms with Crippen molar-refractivity contribution in [1.29, 1.82) is 0 Å². The second kappa shape index (κ2) is 18.6. The zero-order chi connectivity index (χ0) is 16.0. The molecule has 0 amide bonds. The summed E-state index contributed by atoms with van der Waals surface area (Å²) in [5.74, 6) is -1.86. The van der Waals surface area contributed by atoms with E-state index in [0.717, 1.165) is 0 Å². The molecule has 0 aromatic carbocycles. The molecule has 0 aliphatic carbocycles. The fraction of sp³-hybridized carbons (Fsp3) is 0.857. The van der Waals surface area contributed by atoms with Crippen LogP contribution in [0.25, 0.3) is 0 Å². The molecule has 0 N–H and O–H groups in total. The molecule has 0 rings (SSSR count). The largest absolute Gasteiger partial charge is 3.00 e. The van der Waals surface area contributed by atoms with Crippen LogP contribution < -0.4 is 15.3 Å². The zero-order valence-corrected chi connectivity index (χ0v) is 14.4. The summed E-state index contributed by atoms with van der Waals surface area (Å²) in [5, 5.41) is 29.3. The van der Waals surface area contributed by atoms with Crippen molar-refractivity contribution in [2.45, 2.75) is 48.0 Å². The fourth-order valence-corrected chi connectivity index (χ4v) is 0.620. The summed E-state index contributed by atoms with van der Waals surface area (Å²) in [7, 11) is 0. The maximum absolute atomic E-state index is 10.4. The molecule has 1 unspecified atom stereocenters. The maximum Gasteiger partial charge on any atom is 3.00 e. The Hall–Kier alpha value is -0.421. The van der Waals surface area contributed by atoms with E-state index >= 15 is 0 Å². The van der Waals surface area contributed by atoms with Gasteiger partial charge < -0.3 is 20.1 Å². The normalized spacial score (nSPS) is 10.5. The quantitative estimate of drug-likeness (QED) is 0.492. The van der Waals surface area contributed by atoms with Crippen LogP contribution in [0.3, 0.4) is 0 Å². The molecular weight excluding hydrogens is 304 g/mol. The predicted octanol–water partition coefficient (Wildman–Crippen LogP) is -0.646. The van der Waals surface area contributed by atoms with Crippen molar-refractivity contribution >= 4 is 11.8 Å². The Morgan fingerprint density at radius 1 is 0.950 bits per heavy atom. The molecule has 1 radical (unpaired) electrons. The van der Waals surface area contributed by atoms with E-state index in [2.05, 4.69) is 0 Å². The van der Waals surface area contributed by atoms with Crippen LogP contribution in [0.2, 0.25) is 0 Å². The van der Waals surface area contributed by atoms with Gasteiger partial charge in [-0.25, -0.2) is 0 Å². The number of carboxylic acid groups (broad SMARTS) is 1. The molecular formula is C14H27FeO5. The van der Waals surface area contributed by atoms with E-state index in [9.17, 15) is 24.9 Å². The van der Waals surface area contributed by atoms with Crippen molar-refractivity contribution < 1.29 is 42.0 Å². The van der Waals surface area contributed by atoms with Crippen LogP contribution in [0.15, 0.2) is 0 Å². The molecule has 0 aromatic heterocycles. The van der Waals surface area contributed by atoms with E-state index in [1.165, 1.54) is 6.92 Å². The molecule has 0 spiro atoms. The minimum Gasteiger partial charge on any atom is -0.854 e. The number of carbonyl (C=O) groups is 2. The second-order valence-corrected chi connectivity index (χ2v) is 5.01. The van der Waals surface area contributed by atoms with Gasteiger partial charge in [0.25, 0.3) is 0 Å². The smallest absolute Gasteiger partial charge is 0.854 e. The first-order valence-corrected chi connectivity index (χ1v) is 6.51. The van der Waals surface area contributed by atoms with Crippen molar-refractivity contribution in [1.82, 2.24) is 0 Å². The Balaban J connectivity index is -0.000000101. The van der Waals surface area contributed by atoms with Crippen LogP contribution >= 0.6 is 0 Å². The molecule has 0 aliphatic rings. The van der Waals surface area contributed by atoms with E-state index in [0.29, 0.717) is 18.3 Å². The Labute approximate surface area is 133 Å². The van der Waals surface area contributed by atoms with E-state index in [1.807, 2.05) is 27.7 Å². The number of hydrogen-bond acceptors (Lipinski definition) is 5.